The second kappa shape index (κ2) is 15.4. The molecule has 0 radical (unpaired) electrons. The van der Waals surface area contributed by atoms with Crippen molar-refractivity contribution in [1.82, 2.24) is 5.32 Å². The molecule has 0 saturated heterocycles. The Labute approximate surface area is 208 Å². The quantitative estimate of drug-likeness (QED) is 0.135. The Kier molecular flexibility index (Phi) is 14.2. The summed E-state index contributed by atoms with van der Waals surface area (Å²) >= 11 is 3.40. The third-order valence-corrected chi connectivity index (χ3v) is 8.71. The van der Waals surface area contributed by atoms with Crippen LogP contribution < -0.4 is 5.32 Å². The number of carbonyl (C=O) groups excluding carboxylic acids is 1. The molecule has 0 bridgehead atoms. The normalized spacial score (nSPS) is 25.7. The first-order valence-electron chi connectivity index (χ1n) is 13.3. The maximum absolute atomic E-state index is 12.1. The van der Waals surface area contributed by atoms with Gasteiger partial charge in [0, 0.05) is 11.9 Å². The lowest BCUT2D eigenvalue weighted by molar-refractivity contribution is 0.0423. The molecule has 1 aliphatic rings. The molecule has 0 aliphatic heterocycles. The molecule has 5 atom stereocenters. The number of amides is 1. The highest BCUT2D eigenvalue weighted by atomic mass is 79.9. The Bertz CT molecular complexity index is 562. The molecule has 2 unspecified atom stereocenters. The largest absolute Gasteiger partial charge is 0.450 e. The summed E-state index contributed by atoms with van der Waals surface area (Å²) in [4.78, 5) is 12.1. The van der Waals surface area contributed by atoms with Crippen molar-refractivity contribution in [2.24, 2.45) is 35.0 Å². The number of alkyl halides is 1. The van der Waals surface area contributed by atoms with Crippen LogP contribution in [0.2, 0.25) is 0 Å². The number of halogens is 1. The number of rotatable bonds is 15. The van der Waals surface area contributed by atoms with Crippen molar-refractivity contribution < 1.29 is 9.53 Å². The average molecular weight is 515 g/mol. The van der Waals surface area contributed by atoms with Gasteiger partial charge in [0.05, 0.1) is 6.61 Å². The lowest BCUT2D eigenvalue weighted by atomic mass is 9.63. The van der Waals surface area contributed by atoms with Crippen LogP contribution in [0.15, 0.2) is 11.6 Å². The van der Waals surface area contributed by atoms with E-state index in [1.54, 1.807) is 0 Å². The van der Waals surface area contributed by atoms with Gasteiger partial charge in [0.1, 0.15) is 0 Å². The van der Waals surface area contributed by atoms with Crippen molar-refractivity contribution in [2.75, 3.05) is 18.5 Å². The minimum absolute atomic E-state index is 0.237. The third kappa shape index (κ3) is 9.77. The fourth-order valence-corrected chi connectivity index (χ4v) is 6.23. The lowest BCUT2D eigenvalue weighted by Gasteiger charge is -2.42. The number of ether oxygens (including phenoxy) is 1. The van der Waals surface area contributed by atoms with Gasteiger partial charge >= 0.3 is 6.09 Å². The standard InChI is InChI=1S/C28H52BrNO2/c1-8-22(4)13-14-24(6)26-16-15-25(23(5)12-9-11-21(2)3)28(26,7)17-20-32-27(31)30-19-10-18-29/h13,21,23-26H,8-12,14-20H2,1-7H3,(H,30,31)/b22-13+/t23-,24?,25-,26?,28-/m1/s1. The van der Waals surface area contributed by atoms with Gasteiger partial charge in [0.25, 0.3) is 0 Å². The molecule has 1 rings (SSSR count). The maximum Gasteiger partial charge on any atom is 0.407 e. The van der Waals surface area contributed by atoms with Gasteiger partial charge in [-0.25, -0.2) is 4.79 Å². The van der Waals surface area contributed by atoms with Gasteiger partial charge in [-0.15, -0.1) is 0 Å². The second-order valence-corrected chi connectivity index (χ2v) is 11.9. The summed E-state index contributed by atoms with van der Waals surface area (Å²) < 4.78 is 5.62. The van der Waals surface area contributed by atoms with E-state index in [4.69, 9.17) is 4.74 Å². The Balaban J connectivity index is 2.83. The highest BCUT2D eigenvalue weighted by Crippen LogP contribution is 2.56. The average Bonchev–Trinajstić information content (AvgIpc) is 3.08. The number of hydrogen-bond donors (Lipinski definition) is 1. The van der Waals surface area contributed by atoms with Crippen LogP contribution in [0.25, 0.3) is 0 Å². The molecule has 32 heavy (non-hydrogen) atoms. The molecule has 1 fully saturated rings. The summed E-state index contributed by atoms with van der Waals surface area (Å²) in [5, 5.41) is 3.76. The van der Waals surface area contributed by atoms with Crippen LogP contribution in [0.5, 0.6) is 0 Å². The SMILES string of the molecule is CC/C(C)=C/CC(C)C1CC[C@H]([C@H](C)CCCC(C)C)[C@@]1(C)CCOC(=O)NCCCBr. The molecule has 1 saturated carbocycles. The van der Waals surface area contributed by atoms with Crippen LogP contribution >= 0.6 is 15.9 Å². The molecular formula is C28H52BrNO2. The maximum atomic E-state index is 12.1. The lowest BCUT2D eigenvalue weighted by Crippen LogP contribution is -2.37. The molecule has 0 aromatic heterocycles. The zero-order chi connectivity index (χ0) is 24.1. The highest BCUT2D eigenvalue weighted by molar-refractivity contribution is 9.09. The van der Waals surface area contributed by atoms with Crippen molar-refractivity contribution in [3.8, 4) is 0 Å². The molecule has 4 heteroatoms. The first-order valence-corrected chi connectivity index (χ1v) is 14.4. The van der Waals surface area contributed by atoms with Crippen molar-refractivity contribution in [1.29, 1.82) is 0 Å². The van der Waals surface area contributed by atoms with Gasteiger partial charge in [-0.3, -0.25) is 0 Å². The van der Waals surface area contributed by atoms with Gasteiger partial charge < -0.3 is 10.1 Å². The summed E-state index contributed by atoms with van der Waals surface area (Å²) in [5.41, 5.74) is 1.74. The van der Waals surface area contributed by atoms with Crippen LogP contribution in [-0.4, -0.2) is 24.6 Å². The zero-order valence-corrected chi connectivity index (χ0v) is 23.7. The van der Waals surface area contributed by atoms with Crippen LogP contribution in [0.1, 0.15) is 106 Å². The summed E-state index contributed by atoms with van der Waals surface area (Å²) in [7, 11) is 0. The van der Waals surface area contributed by atoms with Gasteiger partial charge in [-0.2, -0.15) is 0 Å². The van der Waals surface area contributed by atoms with Gasteiger partial charge in [0.2, 0.25) is 0 Å². The molecule has 1 N–H and O–H groups in total. The third-order valence-electron chi connectivity index (χ3n) is 8.15. The molecule has 3 nitrogen and oxygen atoms in total. The predicted octanol–water partition coefficient (Wildman–Crippen LogP) is 8.77. The minimum Gasteiger partial charge on any atom is -0.450 e. The Hall–Kier alpha value is -0.510. The van der Waals surface area contributed by atoms with Crippen LogP contribution in [0.3, 0.4) is 0 Å². The molecule has 1 amide bonds. The smallest absolute Gasteiger partial charge is 0.407 e. The van der Waals surface area contributed by atoms with E-state index in [1.165, 1.54) is 44.1 Å². The van der Waals surface area contributed by atoms with Crippen molar-refractivity contribution >= 4 is 22.0 Å². The summed E-state index contributed by atoms with van der Waals surface area (Å²) in [6.45, 7) is 17.8. The van der Waals surface area contributed by atoms with Crippen LogP contribution in [-0.2, 0) is 4.74 Å². The van der Waals surface area contributed by atoms with Gasteiger partial charge in [0.15, 0.2) is 0 Å². The van der Waals surface area contributed by atoms with Crippen LogP contribution in [0, 0.1) is 35.0 Å². The van der Waals surface area contributed by atoms with E-state index in [9.17, 15) is 4.79 Å². The van der Waals surface area contributed by atoms with Gasteiger partial charge in [-0.1, -0.05) is 88.4 Å². The van der Waals surface area contributed by atoms with Crippen molar-refractivity contribution in [2.45, 2.75) is 106 Å². The highest BCUT2D eigenvalue weighted by Gasteiger charge is 2.49. The number of carbonyl (C=O) groups is 1. The van der Waals surface area contributed by atoms with Gasteiger partial charge in [-0.05, 0) is 80.5 Å². The Morgan fingerprint density at radius 2 is 1.78 bits per heavy atom. The molecular weight excluding hydrogens is 462 g/mol. The van der Waals surface area contributed by atoms with E-state index in [0.29, 0.717) is 25.0 Å². The molecule has 1 aliphatic carbocycles. The fraction of sp³-hybridized carbons (Fsp3) is 0.893. The summed E-state index contributed by atoms with van der Waals surface area (Å²) in [6, 6.07) is 0. The van der Waals surface area contributed by atoms with E-state index >= 15 is 0 Å². The van der Waals surface area contributed by atoms with E-state index in [-0.39, 0.29) is 11.5 Å². The topological polar surface area (TPSA) is 38.3 Å². The Morgan fingerprint density at radius 1 is 1.12 bits per heavy atom. The zero-order valence-electron chi connectivity index (χ0n) is 22.1. The summed E-state index contributed by atoms with van der Waals surface area (Å²) in [6.07, 6.45) is 13.0. The first kappa shape index (κ1) is 29.5. The number of allylic oxidation sites excluding steroid dienone is 2. The van der Waals surface area contributed by atoms with Crippen molar-refractivity contribution in [3.05, 3.63) is 11.6 Å². The first-order chi connectivity index (χ1) is 15.2. The van der Waals surface area contributed by atoms with E-state index < -0.39 is 0 Å². The van der Waals surface area contributed by atoms with E-state index in [2.05, 4.69) is 75.8 Å². The Morgan fingerprint density at radius 3 is 2.38 bits per heavy atom. The molecule has 0 aromatic rings. The van der Waals surface area contributed by atoms with Crippen LogP contribution in [0.4, 0.5) is 4.79 Å². The fourth-order valence-electron chi connectivity index (χ4n) is 5.95. The molecule has 0 heterocycles. The summed E-state index contributed by atoms with van der Waals surface area (Å²) in [5.74, 6) is 3.60. The van der Waals surface area contributed by atoms with E-state index in [0.717, 1.165) is 42.3 Å². The number of alkyl carbamates (subject to hydrolysis) is 1. The second-order valence-electron chi connectivity index (χ2n) is 11.1. The van der Waals surface area contributed by atoms with E-state index in [1.807, 2.05) is 0 Å². The van der Waals surface area contributed by atoms with Crippen molar-refractivity contribution in [3.63, 3.8) is 0 Å². The molecule has 0 spiro atoms. The predicted molar refractivity (Wildman–Crippen MR) is 142 cm³/mol. The number of hydrogen-bond acceptors (Lipinski definition) is 2. The number of nitrogens with one attached hydrogen (secondary N) is 1. The molecule has 0 aromatic carbocycles. The monoisotopic (exact) mass is 513 g/mol. The minimum atomic E-state index is -0.264. The molecule has 188 valence electrons.